The average molecular weight is 301 g/mol. The van der Waals surface area contributed by atoms with Crippen LogP contribution < -0.4 is 10.0 Å². The zero-order chi connectivity index (χ0) is 14.2. The van der Waals surface area contributed by atoms with Gasteiger partial charge in [-0.3, -0.25) is 0 Å². The van der Waals surface area contributed by atoms with Crippen molar-refractivity contribution in [1.82, 2.24) is 14.9 Å². The number of carbonyl (C=O) groups excluding carboxylic acids is 1. The molecular weight excluding hydrogens is 278 g/mol. The fraction of sp³-hybridized carbons (Fsp3) is 0.923. The lowest BCUT2D eigenvalue weighted by atomic mass is 10.0. The van der Waals surface area contributed by atoms with Gasteiger partial charge < -0.3 is 10.2 Å². The number of urea groups is 1. The Morgan fingerprint density at radius 1 is 1.10 bits per heavy atom. The number of hydrogen-bond donors (Lipinski definition) is 2. The molecule has 0 radical (unpaired) electrons. The fourth-order valence-corrected chi connectivity index (χ4v) is 5.46. The zero-order valence-electron chi connectivity index (χ0n) is 11.7. The van der Waals surface area contributed by atoms with Crippen molar-refractivity contribution in [2.75, 3.05) is 19.6 Å². The topological polar surface area (TPSA) is 78.5 Å². The van der Waals surface area contributed by atoms with Gasteiger partial charge in [0.1, 0.15) is 0 Å². The molecule has 6 nitrogen and oxygen atoms in total. The van der Waals surface area contributed by atoms with Gasteiger partial charge in [-0.05, 0) is 31.6 Å². The minimum Gasteiger partial charge on any atom is -0.335 e. The molecule has 2 heterocycles. The molecule has 0 aromatic rings. The van der Waals surface area contributed by atoms with Crippen molar-refractivity contribution in [3.8, 4) is 0 Å². The van der Waals surface area contributed by atoms with Crippen LogP contribution in [0.25, 0.3) is 0 Å². The van der Waals surface area contributed by atoms with E-state index < -0.39 is 10.0 Å². The lowest BCUT2D eigenvalue weighted by Gasteiger charge is -2.23. The van der Waals surface area contributed by atoms with Crippen LogP contribution in [0.2, 0.25) is 0 Å². The number of sulfonamides is 1. The summed E-state index contributed by atoms with van der Waals surface area (Å²) in [5, 5.41) is 2.77. The first-order valence-corrected chi connectivity index (χ1v) is 9.15. The Morgan fingerprint density at radius 2 is 1.80 bits per heavy atom. The van der Waals surface area contributed by atoms with Crippen molar-refractivity contribution in [2.24, 2.45) is 5.92 Å². The molecule has 3 aliphatic rings. The summed E-state index contributed by atoms with van der Waals surface area (Å²) < 4.78 is 26.4. The molecule has 1 aliphatic carbocycles. The molecule has 2 saturated heterocycles. The largest absolute Gasteiger partial charge is 0.335 e. The molecular formula is C13H23N3O3S. The minimum atomic E-state index is -3.15. The van der Waals surface area contributed by atoms with Crippen LogP contribution in [0.15, 0.2) is 0 Å². The van der Waals surface area contributed by atoms with Crippen molar-refractivity contribution in [3.63, 3.8) is 0 Å². The molecule has 114 valence electrons. The van der Waals surface area contributed by atoms with Gasteiger partial charge in [0.2, 0.25) is 10.0 Å². The number of carbonyl (C=O) groups is 1. The van der Waals surface area contributed by atoms with Gasteiger partial charge in [0.15, 0.2) is 0 Å². The van der Waals surface area contributed by atoms with Crippen LogP contribution in [0.5, 0.6) is 0 Å². The molecule has 1 saturated carbocycles. The van der Waals surface area contributed by atoms with Crippen LogP contribution in [-0.4, -0.2) is 50.3 Å². The monoisotopic (exact) mass is 301 g/mol. The summed E-state index contributed by atoms with van der Waals surface area (Å²) in [4.78, 5) is 14.0. The van der Waals surface area contributed by atoms with E-state index in [2.05, 4.69) is 10.0 Å². The first-order chi connectivity index (χ1) is 9.56. The van der Waals surface area contributed by atoms with Crippen molar-refractivity contribution < 1.29 is 13.2 Å². The number of rotatable bonds is 1. The van der Waals surface area contributed by atoms with Gasteiger partial charge in [0.05, 0.1) is 5.25 Å². The highest BCUT2D eigenvalue weighted by atomic mass is 32.2. The van der Waals surface area contributed by atoms with E-state index in [4.69, 9.17) is 0 Å². The van der Waals surface area contributed by atoms with Crippen molar-refractivity contribution in [1.29, 1.82) is 0 Å². The van der Waals surface area contributed by atoms with E-state index in [1.807, 2.05) is 0 Å². The van der Waals surface area contributed by atoms with Crippen LogP contribution in [0.3, 0.4) is 0 Å². The average Bonchev–Trinajstić information content (AvgIpc) is 2.92. The van der Waals surface area contributed by atoms with Crippen LogP contribution in [-0.2, 0) is 10.0 Å². The predicted octanol–water partition coefficient (Wildman–Crippen LogP) is 0.652. The highest BCUT2D eigenvalue weighted by Gasteiger charge is 2.41. The van der Waals surface area contributed by atoms with Gasteiger partial charge in [-0.2, -0.15) is 0 Å². The van der Waals surface area contributed by atoms with Crippen molar-refractivity contribution in [2.45, 2.75) is 49.8 Å². The maximum absolute atomic E-state index is 12.2. The quantitative estimate of drug-likeness (QED) is 0.746. The molecule has 2 amide bonds. The second-order valence-electron chi connectivity index (χ2n) is 6.19. The third-order valence-electron chi connectivity index (χ3n) is 4.89. The number of nitrogens with one attached hydrogen (secondary N) is 2. The van der Waals surface area contributed by atoms with Crippen LogP contribution in [0, 0.1) is 5.92 Å². The van der Waals surface area contributed by atoms with E-state index in [1.54, 1.807) is 4.90 Å². The van der Waals surface area contributed by atoms with E-state index in [-0.39, 0.29) is 17.2 Å². The molecule has 2 N–H and O–H groups in total. The summed E-state index contributed by atoms with van der Waals surface area (Å²) in [7, 11) is -3.15. The molecule has 2 atom stereocenters. The lowest BCUT2D eigenvalue weighted by Crippen LogP contribution is -2.44. The summed E-state index contributed by atoms with van der Waals surface area (Å²) in [6, 6.07) is 0.304. The summed E-state index contributed by atoms with van der Waals surface area (Å²) in [6.45, 7) is 1.74. The summed E-state index contributed by atoms with van der Waals surface area (Å²) in [5.74, 6) is 0.157. The Hall–Kier alpha value is -0.820. The zero-order valence-corrected chi connectivity index (χ0v) is 12.5. The maximum atomic E-state index is 12.2. The Morgan fingerprint density at radius 3 is 2.55 bits per heavy atom. The van der Waals surface area contributed by atoms with E-state index in [0.29, 0.717) is 32.1 Å². The summed E-state index contributed by atoms with van der Waals surface area (Å²) in [5.41, 5.74) is 0. The third kappa shape index (κ3) is 2.79. The number of fused-ring (bicyclic) bond motifs is 1. The minimum absolute atomic E-state index is 0.0118. The number of likely N-dealkylation sites (tertiary alicyclic amines) is 1. The van der Waals surface area contributed by atoms with Crippen molar-refractivity contribution >= 4 is 16.1 Å². The van der Waals surface area contributed by atoms with Crippen LogP contribution >= 0.6 is 0 Å². The second-order valence-corrected chi connectivity index (χ2v) is 8.17. The molecule has 0 aromatic heterocycles. The van der Waals surface area contributed by atoms with Gasteiger partial charge in [0.25, 0.3) is 0 Å². The van der Waals surface area contributed by atoms with E-state index in [1.165, 1.54) is 12.8 Å². The standard InChI is InChI=1S/C13H23N3O3S/c17-13(15-11-3-1-2-4-11)16-7-5-10-9-14-20(18,19)12(10)6-8-16/h10-12,14H,1-9H2,(H,15,17)/t10-,12-/m1/s1. The van der Waals surface area contributed by atoms with Crippen LogP contribution in [0.1, 0.15) is 38.5 Å². The first kappa shape index (κ1) is 14.1. The Labute approximate surface area is 120 Å². The molecule has 7 heteroatoms. The maximum Gasteiger partial charge on any atom is 0.317 e. The van der Waals surface area contributed by atoms with E-state index in [0.717, 1.165) is 19.3 Å². The lowest BCUT2D eigenvalue weighted by molar-refractivity contribution is 0.195. The number of hydrogen-bond acceptors (Lipinski definition) is 3. The molecule has 0 spiro atoms. The first-order valence-electron chi connectivity index (χ1n) is 7.60. The highest BCUT2D eigenvalue weighted by Crippen LogP contribution is 2.28. The van der Waals surface area contributed by atoms with Gasteiger partial charge >= 0.3 is 6.03 Å². The molecule has 0 bridgehead atoms. The molecule has 0 aromatic carbocycles. The summed E-state index contributed by atoms with van der Waals surface area (Å²) >= 11 is 0. The van der Waals surface area contributed by atoms with E-state index in [9.17, 15) is 13.2 Å². The predicted molar refractivity (Wildman–Crippen MR) is 75.8 cm³/mol. The fourth-order valence-electron chi connectivity index (χ4n) is 3.65. The molecule has 3 fully saturated rings. The normalized spacial score (nSPS) is 33.7. The Balaban J connectivity index is 1.58. The molecule has 3 rings (SSSR count). The third-order valence-corrected chi connectivity index (χ3v) is 6.88. The van der Waals surface area contributed by atoms with Crippen LogP contribution in [0.4, 0.5) is 4.79 Å². The smallest absolute Gasteiger partial charge is 0.317 e. The van der Waals surface area contributed by atoms with E-state index >= 15 is 0 Å². The number of amides is 2. The number of nitrogens with zero attached hydrogens (tertiary/aromatic N) is 1. The van der Waals surface area contributed by atoms with Gasteiger partial charge in [-0.15, -0.1) is 0 Å². The second kappa shape index (κ2) is 5.52. The van der Waals surface area contributed by atoms with Gasteiger partial charge in [-0.25, -0.2) is 17.9 Å². The van der Waals surface area contributed by atoms with Crippen molar-refractivity contribution in [3.05, 3.63) is 0 Å². The SMILES string of the molecule is O=C(NC1CCCC1)N1CC[C@@H]2CNS(=O)(=O)[C@@H]2CC1. The molecule has 0 unspecified atom stereocenters. The van der Waals surface area contributed by atoms with Gasteiger partial charge in [0, 0.05) is 25.7 Å². The van der Waals surface area contributed by atoms with Gasteiger partial charge in [-0.1, -0.05) is 12.8 Å². The molecule has 20 heavy (non-hydrogen) atoms. The Kier molecular flexibility index (Phi) is 3.90. The Bertz CT molecular complexity index is 473. The summed E-state index contributed by atoms with van der Waals surface area (Å²) in [6.07, 6.45) is 5.86. The molecule has 2 aliphatic heterocycles. The highest BCUT2D eigenvalue weighted by molar-refractivity contribution is 7.90.